The molecule has 1 aliphatic heterocycles. The van der Waals surface area contributed by atoms with Crippen molar-refractivity contribution in [3.63, 3.8) is 0 Å². The van der Waals surface area contributed by atoms with Crippen LogP contribution >= 0.6 is 11.6 Å². The van der Waals surface area contributed by atoms with Gasteiger partial charge in [-0.3, -0.25) is 4.79 Å². The van der Waals surface area contributed by atoms with Crippen molar-refractivity contribution in [3.05, 3.63) is 35.4 Å². The molecule has 104 valence electrons. The number of alkyl halides is 4. The minimum Gasteiger partial charge on any atom is -0.342 e. The molecule has 1 heterocycles. The van der Waals surface area contributed by atoms with Crippen LogP contribution in [0.15, 0.2) is 24.3 Å². The van der Waals surface area contributed by atoms with Crippen LogP contribution in [0, 0.1) is 5.92 Å². The molecule has 6 heteroatoms. The smallest absolute Gasteiger partial charge is 0.342 e. The van der Waals surface area contributed by atoms with Crippen LogP contribution in [0.2, 0.25) is 0 Å². The van der Waals surface area contributed by atoms with Crippen molar-refractivity contribution in [2.75, 3.05) is 19.0 Å². The molecule has 1 saturated heterocycles. The maximum Gasteiger partial charge on any atom is 0.416 e. The van der Waals surface area contributed by atoms with Crippen molar-refractivity contribution < 1.29 is 18.0 Å². The molecule has 0 unspecified atom stereocenters. The van der Waals surface area contributed by atoms with Gasteiger partial charge in [0.25, 0.3) is 0 Å². The molecule has 2 rings (SSSR count). The molecule has 0 aliphatic carbocycles. The highest BCUT2D eigenvalue weighted by atomic mass is 35.5. The van der Waals surface area contributed by atoms with E-state index < -0.39 is 11.7 Å². The zero-order chi connectivity index (χ0) is 14.0. The number of likely N-dealkylation sites (tertiary alicyclic amines) is 1. The quantitative estimate of drug-likeness (QED) is 0.784. The van der Waals surface area contributed by atoms with E-state index in [9.17, 15) is 18.0 Å². The Morgan fingerprint density at radius 3 is 2.32 bits per heavy atom. The first-order valence-electron chi connectivity index (χ1n) is 5.90. The molecular weight excluding hydrogens is 279 g/mol. The SMILES string of the molecule is O=C(Cc1ccc(C(F)(F)F)cc1)N1CC(CCl)C1. The lowest BCUT2D eigenvalue weighted by atomic mass is 10.0. The van der Waals surface area contributed by atoms with Crippen molar-refractivity contribution in [2.45, 2.75) is 12.6 Å². The summed E-state index contributed by atoms with van der Waals surface area (Å²) >= 11 is 5.65. The van der Waals surface area contributed by atoms with Gasteiger partial charge >= 0.3 is 6.18 Å². The summed E-state index contributed by atoms with van der Waals surface area (Å²) in [5, 5.41) is 0. The molecule has 0 bridgehead atoms. The number of benzene rings is 1. The van der Waals surface area contributed by atoms with Crippen LogP contribution in [0.4, 0.5) is 13.2 Å². The van der Waals surface area contributed by atoms with Gasteiger partial charge in [-0.25, -0.2) is 0 Å². The van der Waals surface area contributed by atoms with Gasteiger partial charge in [0, 0.05) is 24.9 Å². The minimum absolute atomic E-state index is 0.0684. The van der Waals surface area contributed by atoms with Crippen LogP contribution in [-0.2, 0) is 17.4 Å². The Bertz CT molecular complexity index is 452. The number of carbonyl (C=O) groups is 1. The van der Waals surface area contributed by atoms with Crippen LogP contribution in [0.1, 0.15) is 11.1 Å². The maximum atomic E-state index is 12.4. The fraction of sp³-hybridized carbons (Fsp3) is 0.462. The molecule has 0 saturated carbocycles. The summed E-state index contributed by atoms with van der Waals surface area (Å²) in [6.45, 7) is 1.28. The summed E-state index contributed by atoms with van der Waals surface area (Å²) < 4.78 is 37.1. The van der Waals surface area contributed by atoms with Crippen LogP contribution in [0.5, 0.6) is 0 Å². The molecule has 19 heavy (non-hydrogen) atoms. The van der Waals surface area contributed by atoms with Gasteiger partial charge in [-0.15, -0.1) is 11.6 Å². The summed E-state index contributed by atoms with van der Waals surface area (Å²) in [7, 11) is 0. The summed E-state index contributed by atoms with van der Waals surface area (Å²) in [6, 6.07) is 4.69. The molecule has 0 radical (unpaired) electrons. The van der Waals surface area contributed by atoms with E-state index in [1.807, 2.05) is 0 Å². The first kappa shape index (κ1) is 14.2. The fourth-order valence-corrected chi connectivity index (χ4v) is 2.16. The van der Waals surface area contributed by atoms with Crippen molar-refractivity contribution in [3.8, 4) is 0 Å². The molecule has 2 nitrogen and oxygen atoms in total. The number of rotatable bonds is 3. The molecule has 0 spiro atoms. The number of amides is 1. The third-order valence-electron chi connectivity index (χ3n) is 3.16. The van der Waals surface area contributed by atoms with E-state index in [4.69, 9.17) is 11.6 Å². The molecule has 0 atom stereocenters. The zero-order valence-electron chi connectivity index (χ0n) is 10.1. The van der Waals surface area contributed by atoms with Crippen molar-refractivity contribution in [1.82, 2.24) is 4.90 Å². The van der Waals surface area contributed by atoms with Gasteiger partial charge in [-0.2, -0.15) is 13.2 Å². The van der Waals surface area contributed by atoms with Gasteiger partial charge in [0.15, 0.2) is 0 Å². The lowest BCUT2D eigenvalue weighted by Crippen LogP contribution is -2.51. The van der Waals surface area contributed by atoms with E-state index in [1.54, 1.807) is 4.90 Å². The summed E-state index contributed by atoms with van der Waals surface area (Å²) in [5.74, 6) is 0.809. The van der Waals surface area contributed by atoms with Crippen LogP contribution in [0.3, 0.4) is 0 Å². The van der Waals surface area contributed by atoms with Crippen molar-refractivity contribution >= 4 is 17.5 Å². The second kappa shape index (κ2) is 5.41. The number of nitrogens with zero attached hydrogens (tertiary/aromatic N) is 1. The Morgan fingerprint density at radius 1 is 1.26 bits per heavy atom. The predicted octanol–water partition coefficient (Wildman–Crippen LogP) is 2.95. The Balaban J connectivity index is 1.91. The molecule has 0 N–H and O–H groups in total. The van der Waals surface area contributed by atoms with E-state index in [0.717, 1.165) is 12.1 Å². The molecule has 1 fully saturated rings. The van der Waals surface area contributed by atoms with E-state index in [-0.39, 0.29) is 12.3 Å². The standard InChI is InChI=1S/C13H13ClF3NO/c14-6-10-7-18(8-10)12(19)5-9-1-3-11(4-2-9)13(15,16)17/h1-4,10H,5-8H2. The number of hydrogen-bond donors (Lipinski definition) is 0. The van der Waals surface area contributed by atoms with Gasteiger partial charge in [-0.1, -0.05) is 12.1 Å². The molecular formula is C13H13ClF3NO. The molecule has 0 aromatic heterocycles. The largest absolute Gasteiger partial charge is 0.416 e. The maximum absolute atomic E-state index is 12.4. The van der Waals surface area contributed by atoms with Crippen molar-refractivity contribution in [1.29, 1.82) is 0 Å². The summed E-state index contributed by atoms with van der Waals surface area (Å²) in [5.41, 5.74) is -0.109. The zero-order valence-corrected chi connectivity index (χ0v) is 10.8. The average molecular weight is 292 g/mol. The highest BCUT2D eigenvalue weighted by Crippen LogP contribution is 2.29. The first-order valence-corrected chi connectivity index (χ1v) is 6.43. The predicted molar refractivity (Wildman–Crippen MR) is 65.9 cm³/mol. The van der Waals surface area contributed by atoms with E-state index >= 15 is 0 Å². The third-order valence-corrected chi connectivity index (χ3v) is 3.60. The summed E-state index contributed by atoms with van der Waals surface area (Å²) in [4.78, 5) is 13.5. The molecule has 1 aromatic carbocycles. The monoisotopic (exact) mass is 291 g/mol. The molecule has 1 aromatic rings. The number of halogens is 4. The number of hydrogen-bond acceptors (Lipinski definition) is 1. The highest BCUT2D eigenvalue weighted by Gasteiger charge is 2.31. The van der Waals surface area contributed by atoms with Gasteiger partial charge in [0.1, 0.15) is 0 Å². The highest BCUT2D eigenvalue weighted by molar-refractivity contribution is 6.18. The normalized spacial score (nSPS) is 16.3. The van der Waals surface area contributed by atoms with Gasteiger partial charge < -0.3 is 4.90 Å². The third kappa shape index (κ3) is 3.41. The van der Waals surface area contributed by atoms with Gasteiger partial charge in [0.05, 0.1) is 12.0 Å². The van der Waals surface area contributed by atoms with E-state index in [0.29, 0.717) is 30.5 Å². The summed E-state index contributed by atoms with van der Waals surface area (Å²) in [6.07, 6.45) is -4.21. The van der Waals surface area contributed by atoms with Gasteiger partial charge in [-0.05, 0) is 17.7 Å². The fourth-order valence-electron chi connectivity index (χ4n) is 1.97. The lowest BCUT2D eigenvalue weighted by molar-refractivity contribution is -0.137. The Hall–Kier alpha value is -1.23. The minimum atomic E-state index is -4.34. The number of carbonyl (C=O) groups excluding carboxylic acids is 1. The van der Waals surface area contributed by atoms with Crippen LogP contribution in [0.25, 0.3) is 0 Å². The average Bonchev–Trinajstić information content (AvgIpc) is 2.27. The van der Waals surface area contributed by atoms with Crippen LogP contribution in [-0.4, -0.2) is 29.8 Å². The van der Waals surface area contributed by atoms with E-state index in [1.165, 1.54) is 12.1 Å². The van der Waals surface area contributed by atoms with Gasteiger partial charge in [0.2, 0.25) is 5.91 Å². The van der Waals surface area contributed by atoms with E-state index in [2.05, 4.69) is 0 Å². The molecule has 1 aliphatic rings. The Labute approximate surface area is 114 Å². The lowest BCUT2D eigenvalue weighted by Gasteiger charge is -2.38. The second-order valence-corrected chi connectivity index (χ2v) is 5.00. The van der Waals surface area contributed by atoms with Crippen LogP contribution < -0.4 is 0 Å². The topological polar surface area (TPSA) is 20.3 Å². The Kier molecular flexibility index (Phi) is 4.04. The Morgan fingerprint density at radius 2 is 1.84 bits per heavy atom. The first-order chi connectivity index (χ1) is 8.90. The second-order valence-electron chi connectivity index (χ2n) is 4.69. The van der Waals surface area contributed by atoms with Crippen molar-refractivity contribution in [2.24, 2.45) is 5.92 Å². The molecule has 1 amide bonds.